The minimum atomic E-state index is -0.130. The van der Waals surface area contributed by atoms with Crippen LogP contribution < -0.4 is 10.1 Å². The lowest BCUT2D eigenvalue weighted by atomic mass is 10.2. The van der Waals surface area contributed by atoms with E-state index in [-0.39, 0.29) is 5.91 Å². The number of pyridine rings is 1. The molecule has 0 fully saturated rings. The SMILES string of the molecule is O=C(NCCc1nnc2ccccn12)c1ccc(Oc2ccccc2)cc1. The van der Waals surface area contributed by atoms with E-state index in [2.05, 4.69) is 15.5 Å². The summed E-state index contributed by atoms with van der Waals surface area (Å²) in [5.41, 5.74) is 1.38. The molecule has 2 heterocycles. The van der Waals surface area contributed by atoms with Crippen molar-refractivity contribution in [1.29, 1.82) is 0 Å². The van der Waals surface area contributed by atoms with E-state index >= 15 is 0 Å². The van der Waals surface area contributed by atoms with Crippen molar-refractivity contribution < 1.29 is 9.53 Å². The van der Waals surface area contributed by atoms with E-state index in [4.69, 9.17) is 4.74 Å². The Morgan fingerprint density at radius 1 is 0.889 bits per heavy atom. The van der Waals surface area contributed by atoms with Crippen LogP contribution in [0.15, 0.2) is 79.0 Å². The van der Waals surface area contributed by atoms with Crippen molar-refractivity contribution in [1.82, 2.24) is 19.9 Å². The first kappa shape index (κ1) is 16.8. The number of amides is 1. The second-order valence-electron chi connectivity index (χ2n) is 5.99. The summed E-state index contributed by atoms with van der Waals surface area (Å²) in [5, 5.41) is 11.2. The van der Waals surface area contributed by atoms with Crippen LogP contribution >= 0.6 is 0 Å². The van der Waals surface area contributed by atoms with E-state index in [9.17, 15) is 4.79 Å². The zero-order chi connectivity index (χ0) is 18.5. The fraction of sp³-hybridized carbons (Fsp3) is 0.0952. The van der Waals surface area contributed by atoms with Crippen LogP contribution in [0.5, 0.6) is 11.5 Å². The number of carbonyl (C=O) groups excluding carboxylic acids is 1. The van der Waals surface area contributed by atoms with Crippen molar-refractivity contribution in [3.8, 4) is 11.5 Å². The Morgan fingerprint density at radius 2 is 1.63 bits per heavy atom. The highest BCUT2D eigenvalue weighted by molar-refractivity contribution is 5.94. The van der Waals surface area contributed by atoms with Gasteiger partial charge >= 0.3 is 0 Å². The molecule has 1 N–H and O–H groups in total. The van der Waals surface area contributed by atoms with Crippen LogP contribution in [0, 0.1) is 0 Å². The zero-order valence-electron chi connectivity index (χ0n) is 14.6. The molecule has 0 bridgehead atoms. The maximum atomic E-state index is 12.3. The van der Waals surface area contributed by atoms with Crippen LogP contribution in [0.2, 0.25) is 0 Å². The second kappa shape index (κ2) is 7.70. The second-order valence-corrected chi connectivity index (χ2v) is 5.99. The summed E-state index contributed by atoms with van der Waals surface area (Å²) < 4.78 is 7.65. The van der Waals surface area contributed by atoms with Crippen molar-refractivity contribution in [3.63, 3.8) is 0 Å². The molecule has 6 heteroatoms. The van der Waals surface area contributed by atoms with Gasteiger partial charge < -0.3 is 10.1 Å². The van der Waals surface area contributed by atoms with Gasteiger partial charge in [0.05, 0.1) is 0 Å². The molecule has 27 heavy (non-hydrogen) atoms. The molecule has 0 spiro atoms. The van der Waals surface area contributed by atoms with Crippen LogP contribution in [0.1, 0.15) is 16.2 Å². The first-order valence-electron chi connectivity index (χ1n) is 8.69. The summed E-state index contributed by atoms with van der Waals surface area (Å²) in [6, 6.07) is 22.3. The number of nitrogens with one attached hydrogen (secondary N) is 1. The number of carbonyl (C=O) groups is 1. The average molecular weight is 358 g/mol. The van der Waals surface area contributed by atoms with Crippen LogP contribution in [0.3, 0.4) is 0 Å². The van der Waals surface area contributed by atoms with Crippen LogP contribution in [-0.4, -0.2) is 27.0 Å². The third kappa shape index (κ3) is 3.95. The topological polar surface area (TPSA) is 68.5 Å². The molecular weight excluding hydrogens is 340 g/mol. The Morgan fingerprint density at radius 3 is 2.44 bits per heavy atom. The lowest BCUT2D eigenvalue weighted by molar-refractivity contribution is 0.0954. The van der Waals surface area contributed by atoms with Gasteiger partial charge in [-0.3, -0.25) is 9.20 Å². The van der Waals surface area contributed by atoms with E-state index in [1.807, 2.05) is 59.1 Å². The van der Waals surface area contributed by atoms with Crippen LogP contribution in [-0.2, 0) is 6.42 Å². The molecule has 0 saturated carbocycles. The number of rotatable bonds is 6. The van der Waals surface area contributed by atoms with Crippen molar-refractivity contribution in [2.24, 2.45) is 0 Å². The number of para-hydroxylation sites is 1. The molecule has 0 aliphatic heterocycles. The fourth-order valence-electron chi connectivity index (χ4n) is 2.75. The molecule has 6 nitrogen and oxygen atoms in total. The Hall–Kier alpha value is -3.67. The van der Waals surface area contributed by atoms with Crippen molar-refractivity contribution >= 4 is 11.6 Å². The highest BCUT2D eigenvalue weighted by Gasteiger charge is 2.08. The third-order valence-electron chi connectivity index (χ3n) is 4.11. The van der Waals surface area contributed by atoms with Crippen molar-refractivity contribution in [2.45, 2.75) is 6.42 Å². The number of hydrogen-bond acceptors (Lipinski definition) is 4. The Bertz CT molecular complexity index is 1040. The van der Waals surface area contributed by atoms with Crippen molar-refractivity contribution in [2.75, 3.05) is 6.54 Å². The summed E-state index contributed by atoms with van der Waals surface area (Å²) >= 11 is 0. The maximum Gasteiger partial charge on any atom is 0.251 e. The molecule has 0 aliphatic rings. The zero-order valence-corrected chi connectivity index (χ0v) is 14.6. The van der Waals surface area contributed by atoms with Gasteiger partial charge in [0, 0.05) is 24.7 Å². The molecule has 2 aromatic heterocycles. The highest BCUT2D eigenvalue weighted by Crippen LogP contribution is 2.21. The predicted octanol–water partition coefficient (Wildman–Crippen LogP) is 3.49. The largest absolute Gasteiger partial charge is 0.457 e. The quantitative estimate of drug-likeness (QED) is 0.573. The Balaban J connectivity index is 1.33. The fourth-order valence-corrected chi connectivity index (χ4v) is 2.75. The number of nitrogens with zero attached hydrogens (tertiary/aromatic N) is 3. The lowest BCUT2D eigenvalue weighted by Crippen LogP contribution is -2.26. The molecule has 0 saturated heterocycles. The summed E-state index contributed by atoms with van der Waals surface area (Å²) in [7, 11) is 0. The number of fused-ring (bicyclic) bond motifs is 1. The molecule has 4 rings (SSSR count). The van der Waals surface area contributed by atoms with Gasteiger partial charge in [-0.05, 0) is 48.5 Å². The summed E-state index contributed by atoms with van der Waals surface area (Å²) in [6.45, 7) is 0.483. The highest BCUT2D eigenvalue weighted by atomic mass is 16.5. The lowest BCUT2D eigenvalue weighted by Gasteiger charge is -2.07. The minimum absolute atomic E-state index is 0.130. The van der Waals surface area contributed by atoms with E-state index in [1.54, 1.807) is 24.3 Å². The van der Waals surface area contributed by atoms with E-state index in [0.717, 1.165) is 17.2 Å². The minimum Gasteiger partial charge on any atom is -0.457 e. The smallest absolute Gasteiger partial charge is 0.251 e. The number of ether oxygens (including phenoxy) is 1. The third-order valence-corrected chi connectivity index (χ3v) is 4.11. The molecule has 134 valence electrons. The normalized spacial score (nSPS) is 10.7. The molecule has 0 unspecified atom stereocenters. The first-order chi connectivity index (χ1) is 13.3. The summed E-state index contributed by atoms with van der Waals surface area (Å²) in [5.74, 6) is 2.13. The molecular formula is C21H18N4O2. The molecule has 4 aromatic rings. The monoisotopic (exact) mass is 358 g/mol. The standard InChI is InChI=1S/C21H18N4O2/c26-21(22-14-13-20-24-23-19-8-4-5-15-25(19)20)16-9-11-18(12-10-16)27-17-6-2-1-3-7-17/h1-12,15H,13-14H2,(H,22,26). The number of benzene rings is 2. The molecule has 1 amide bonds. The van der Waals surface area contributed by atoms with Gasteiger partial charge in [-0.2, -0.15) is 0 Å². The number of hydrogen-bond donors (Lipinski definition) is 1. The first-order valence-corrected chi connectivity index (χ1v) is 8.69. The van der Waals surface area contributed by atoms with Crippen LogP contribution in [0.25, 0.3) is 5.65 Å². The summed E-state index contributed by atoms with van der Waals surface area (Å²) in [4.78, 5) is 12.3. The van der Waals surface area contributed by atoms with Gasteiger partial charge in [-0.1, -0.05) is 24.3 Å². The van der Waals surface area contributed by atoms with E-state index in [0.29, 0.717) is 24.3 Å². The molecule has 2 aromatic carbocycles. The Labute approximate surface area is 156 Å². The molecule has 0 atom stereocenters. The number of aromatic nitrogens is 3. The predicted molar refractivity (Wildman–Crippen MR) is 102 cm³/mol. The van der Waals surface area contributed by atoms with Gasteiger partial charge in [0.2, 0.25) is 0 Å². The van der Waals surface area contributed by atoms with Crippen LogP contribution in [0.4, 0.5) is 0 Å². The average Bonchev–Trinajstić information content (AvgIpc) is 3.12. The van der Waals surface area contributed by atoms with E-state index in [1.165, 1.54) is 0 Å². The van der Waals surface area contributed by atoms with Gasteiger partial charge in [0.25, 0.3) is 5.91 Å². The molecule has 0 radical (unpaired) electrons. The van der Waals surface area contributed by atoms with Gasteiger partial charge in [-0.15, -0.1) is 10.2 Å². The van der Waals surface area contributed by atoms with Gasteiger partial charge in [0.1, 0.15) is 17.3 Å². The molecule has 0 aliphatic carbocycles. The van der Waals surface area contributed by atoms with Gasteiger partial charge in [0.15, 0.2) is 5.65 Å². The van der Waals surface area contributed by atoms with Gasteiger partial charge in [-0.25, -0.2) is 0 Å². The Kier molecular flexibility index (Phi) is 4.78. The summed E-state index contributed by atoms with van der Waals surface area (Å²) in [6.07, 6.45) is 2.52. The van der Waals surface area contributed by atoms with Crippen molar-refractivity contribution in [3.05, 3.63) is 90.4 Å². The van der Waals surface area contributed by atoms with E-state index < -0.39 is 0 Å². The maximum absolute atomic E-state index is 12.3.